The first kappa shape index (κ1) is 32.2. The quantitative estimate of drug-likeness (QED) is 0.223. The van der Waals surface area contributed by atoms with Gasteiger partial charge in [-0.05, 0) is 31.4 Å². The van der Waals surface area contributed by atoms with E-state index in [1.807, 2.05) is 44.2 Å². The molecule has 1 aliphatic heterocycles. The number of carboxylic acid groups (broad SMARTS) is 1. The molecule has 1 saturated heterocycles. The van der Waals surface area contributed by atoms with Gasteiger partial charge in [0.25, 0.3) is 17.8 Å². The van der Waals surface area contributed by atoms with E-state index in [2.05, 4.69) is 20.9 Å². The van der Waals surface area contributed by atoms with Crippen LogP contribution < -0.4 is 16.0 Å². The molecule has 224 valence electrons. The number of aliphatic hydroxyl groups is 1. The predicted molar refractivity (Wildman–Crippen MR) is 151 cm³/mol. The monoisotopic (exact) mass is 582 g/mol. The molecular formula is C28H35BN4O9. The molecule has 1 unspecified atom stereocenters. The summed E-state index contributed by atoms with van der Waals surface area (Å²) in [5.41, 5.74) is -0.725. The first-order valence-electron chi connectivity index (χ1n) is 13.5. The smallest absolute Gasteiger partial charge is 0.508 e. The van der Waals surface area contributed by atoms with Crippen molar-refractivity contribution in [2.45, 2.75) is 63.7 Å². The Morgan fingerprint density at radius 2 is 1.74 bits per heavy atom. The second kappa shape index (κ2) is 14.1. The molecule has 1 aromatic carbocycles. The summed E-state index contributed by atoms with van der Waals surface area (Å²) in [6.07, 6.45) is -2.62. The molecule has 4 atom stereocenters. The number of rotatable bonds is 12. The first-order chi connectivity index (χ1) is 19.8. The van der Waals surface area contributed by atoms with Crippen LogP contribution in [0.5, 0.6) is 0 Å². The normalized spacial score (nSPS) is 18.8. The third-order valence-corrected chi connectivity index (χ3v) is 6.58. The number of hydrogen-bond acceptors (Lipinski definition) is 9. The average molecular weight is 582 g/mol. The molecule has 2 aromatic rings. The van der Waals surface area contributed by atoms with Gasteiger partial charge >= 0.3 is 13.1 Å². The Hall–Kier alpha value is -4.30. The van der Waals surface area contributed by atoms with Gasteiger partial charge in [0.1, 0.15) is 11.7 Å². The summed E-state index contributed by atoms with van der Waals surface area (Å²) >= 11 is 0. The molecule has 3 rings (SSSR count). The van der Waals surface area contributed by atoms with E-state index in [1.165, 1.54) is 20.0 Å². The number of nitrogens with zero attached hydrogens (tertiary/aromatic N) is 1. The zero-order valence-corrected chi connectivity index (χ0v) is 23.8. The molecule has 13 nitrogen and oxygen atoms in total. The lowest BCUT2D eigenvalue weighted by Gasteiger charge is -2.39. The molecule has 1 aliphatic rings. The standard InChI is InChI=1S/C28H35BN4O9/c1-16(2)13-21(29-41-23(37)15-28(42-29,14-22(35)36)27(40)30-4)32-26(39)24(17(3)34)33-25(38)20-12-8-11-19(31-20)18-9-6-5-7-10-18/h5-12,16-17,21,24,34H,13-15H2,1-4H3,(H,30,40)(H,32,39)(H,33,38)(H,35,36)/t17-,21+,24?,28-/m1/s1. The second-order valence-electron chi connectivity index (χ2n) is 10.5. The number of pyridine rings is 1. The molecule has 0 aliphatic carbocycles. The van der Waals surface area contributed by atoms with E-state index in [1.54, 1.807) is 12.1 Å². The number of aromatic nitrogens is 1. The van der Waals surface area contributed by atoms with Gasteiger partial charge in [0.2, 0.25) is 5.91 Å². The maximum absolute atomic E-state index is 13.4. The summed E-state index contributed by atoms with van der Waals surface area (Å²) in [7, 11) is -0.249. The highest BCUT2D eigenvalue weighted by atomic mass is 16.6. The van der Waals surface area contributed by atoms with Crippen molar-refractivity contribution in [1.29, 1.82) is 0 Å². The van der Waals surface area contributed by atoms with Crippen LogP contribution in [0.25, 0.3) is 11.3 Å². The fraction of sp³-hybridized carbons (Fsp3) is 0.429. The lowest BCUT2D eigenvalue weighted by atomic mass is 9.70. The molecule has 0 bridgehead atoms. The molecule has 0 spiro atoms. The largest absolute Gasteiger partial charge is 0.552 e. The Kier molecular flexibility index (Phi) is 10.8. The Morgan fingerprint density at radius 1 is 1.05 bits per heavy atom. The van der Waals surface area contributed by atoms with E-state index < -0.39 is 73.3 Å². The maximum Gasteiger partial charge on any atom is 0.552 e. The van der Waals surface area contributed by atoms with Gasteiger partial charge in [0.15, 0.2) is 5.60 Å². The van der Waals surface area contributed by atoms with Gasteiger partial charge in [-0.25, -0.2) is 4.98 Å². The van der Waals surface area contributed by atoms with Crippen molar-refractivity contribution in [3.8, 4) is 11.3 Å². The number of carbonyl (C=O) groups excluding carboxylic acids is 4. The molecule has 0 radical (unpaired) electrons. The van der Waals surface area contributed by atoms with Crippen molar-refractivity contribution in [2.24, 2.45) is 5.92 Å². The van der Waals surface area contributed by atoms with Crippen molar-refractivity contribution in [1.82, 2.24) is 20.9 Å². The summed E-state index contributed by atoms with van der Waals surface area (Å²) in [5, 5.41) is 27.3. The first-order valence-corrected chi connectivity index (χ1v) is 13.5. The highest BCUT2D eigenvalue weighted by molar-refractivity contribution is 6.50. The maximum atomic E-state index is 13.4. The minimum atomic E-state index is -2.06. The van der Waals surface area contributed by atoms with E-state index in [9.17, 15) is 34.2 Å². The van der Waals surface area contributed by atoms with Crippen LogP contribution in [0.2, 0.25) is 0 Å². The lowest BCUT2D eigenvalue weighted by Crippen LogP contribution is -2.64. The molecule has 5 N–H and O–H groups in total. The van der Waals surface area contributed by atoms with Crippen LogP contribution in [-0.2, 0) is 28.5 Å². The number of aliphatic hydroxyl groups excluding tert-OH is 1. The summed E-state index contributed by atoms with van der Waals surface area (Å²) in [6.45, 7) is 4.97. The predicted octanol–water partition coefficient (Wildman–Crippen LogP) is 0.709. The number of benzene rings is 1. The zero-order chi connectivity index (χ0) is 31.0. The summed E-state index contributed by atoms with van der Waals surface area (Å²) < 4.78 is 11.1. The third kappa shape index (κ3) is 8.14. The topological polar surface area (TPSA) is 193 Å². The number of carboxylic acids is 1. The van der Waals surface area contributed by atoms with Crippen molar-refractivity contribution in [3.63, 3.8) is 0 Å². The van der Waals surface area contributed by atoms with Gasteiger partial charge in [0, 0.05) is 12.6 Å². The molecular weight excluding hydrogens is 547 g/mol. The Balaban J connectivity index is 1.83. The van der Waals surface area contributed by atoms with Crippen molar-refractivity contribution in [2.75, 3.05) is 7.05 Å². The molecule has 42 heavy (non-hydrogen) atoms. The van der Waals surface area contributed by atoms with Crippen molar-refractivity contribution >= 4 is 36.8 Å². The number of amides is 3. The van der Waals surface area contributed by atoms with Gasteiger partial charge in [0.05, 0.1) is 30.6 Å². The fourth-order valence-corrected chi connectivity index (χ4v) is 4.62. The van der Waals surface area contributed by atoms with Crippen LogP contribution in [0.15, 0.2) is 48.5 Å². The summed E-state index contributed by atoms with van der Waals surface area (Å²) in [5.74, 6) is -5.77. The summed E-state index contributed by atoms with van der Waals surface area (Å²) in [6, 6.07) is 12.6. The highest BCUT2D eigenvalue weighted by Gasteiger charge is 2.54. The van der Waals surface area contributed by atoms with E-state index in [0.717, 1.165) is 5.56 Å². The number of carbonyl (C=O) groups is 5. The van der Waals surface area contributed by atoms with Crippen molar-refractivity contribution in [3.05, 3.63) is 54.2 Å². The minimum absolute atomic E-state index is 0.0158. The van der Waals surface area contributed by atoms with Gasteiger partial charge in [-0.3, -0.25) is 24.0 Å². The zero-order valence-electron chi connectivity index (χ0n) is 23.8. The van der Waals surface area contributed by atoms with Gasteiger partial charge in [-0.2, -0.15) is 0 Å². The van der Waals surface area contributed by atoms with E-state index in [4.69, 9.17) is 9.31 Å². The lowest BCUT2D eigenvalue weighted by molar-refractivity contribution is -0.164. The van der Waals surface area contributed by atoms with E-state index in [0.29, 0.717) is 5.69 Å². The SMILES string of the molecule is CNC(=O)[C@@]1(CC(=O)O)CC(=O)OB([C@H](CC(C)C)NC(=O)C(NC(=O)c2cccc(-c3ccccc3)n2)[C@@H](C)O)O1. The highest BCUT2D eigenvalue weighted by Crippen LogP contribution is 2.30. The minimum Gasteiger partial charge on any atom is -0.508 e. The molecule has 1 aromatic heterocycles. The van der Waals surface area contributed by atoms with Crippen molar-refractivity contribution < 1.29 is 43.5 Å². The van der Waals surface area contributed by atoms with Gasteiger partial charge in [-0.15, -0.1) is 0 Å². The number of aliphatic carboxylic acids is 1. The Labute approximate surface area is 243 Å². The van der Waals surface area contributed by atoms with Crippen LogP contribution >= 0.6 is 0 Å². The molecule has 3 amide bonds. The Bertz CT molecular complexity index is 1300. The number of hydrogen-bond donors (Lipinski definition) is 5. The van der Waals surface area contributed by atoms with Crippen LogP contribution in [0.3, 0.4) is 0 Å². The van der Waals surface area contributed by atoms with Crippen LogP contribution in [0.1, 0.15) is 50.5 Å². The number of nitrogens with one attached hydrogen (secondary N) is 3. The van der Waals surface area contributed by atoms with Crippen LogP contribution in [0, 0.1) is 5.92 Å². The third-order valence-electron chi connectivity index (χ3n) is 6.58. The van der Waals surface area contributed by atoms with Crippen LogP contribution in [-0.4, -0.2) is 82.7 Å². The van der Waals surface area contributed by atoms with Gasteiger partial charge in [-0.1, -0.05) is 50.2 Å². The fourth-order valence-electron chi connectivity index (χ4n) is 4.62. The average Bonchev–Trinajstić information content (AvgIpc) is 2.94. The van der Waals surface area contributed by atoms with E-state index >= 15 is 0 Å². The molecule has 1 fully saturated rings. The molecule has 0 saturated carbocycles. The van der Waals surface area contributed by atoms with E-state index in [-0.39, 0.29) is 18.0 Å². The summed E-state index contributed by atoms with van der Waals surface area (Å²) in [4.78, 5) is 67.7. The molecule has 2 heterocycles. The number of likely N-dealkylation sites (N-methyl/N-ethyl adjacent to an activating group) is 1. The molecule has 14 heteroatoms. The Morgan fingerprint density at radius 3 is 2.33 bits per heavy atom. The van der Waals surface area contributed by atoms with Crippen LogP contribution in [0.4, 0.5) is 0 Å². The van der Waals surface area contributed by atoms with Gasteiger partial charge < -0.3 is 35.5 Å². The second-order valence-corrected chi connectivity index (χ2v) is 10.5.